The van der Waals surface area contributed by atoms with E-state index in [-0.39, 0.29) is 12.4 Å². The molecular weight excluding hydrogens is 517 g/mol. The number of hydrogen-bond acceptors (Lipinski definition) is 7. The van der Waals surface area contributed by atoms with Gasteiger partial charge in [-0.2, -0.15) is 0 Å². The maximum absolute atomic E-state index is 13.6. The summed E-state index contributed by atoms with van der Waals surface area (Å²) in [7, 11) is 1.56. The van der Waals surface area contributed by atoms with Crippen LogP contribution in [0.3, 0.4) is 0 Å². The standard InChI is InChI=1S/C18H16Br2FN3O3S/c1-3-27-18(25)14-12(7-19)23-16(17-22-8-13(26-2)28-17)24-15(14)10-5-4-9(21)6-11(10)20/h4-6,8,15H,3,7H2,1-2H3,(H,23,24). The minimum Gasteiger partial charge on any atom is -0.486 e. The fourth-order valence-electron chi connectivity index (χ4n) is 2.67. The number of carbonyl (C=O) groups is 1. The summed E-state index contributed by atoms with van der Waals surface area (Å²) in [5.41, 5.74) is 1.61. The molecule has 3 rings (SSSR count). The molecular formula is C18H16Br2FN3O3S. The Morgan fingerprint density at radius 3 is 2.82 bits per heavy atom. The Labute approximate surface area is 182 Å². The average Bonchev–Trinajstić information content (AvgIpc) is 3.16. The quantitative estimate of drug-likeness (QED) is 0.442. The first-order valence-corrected chi connectivity index (χ1v) is 11.0. The first kappa shape index (κ1) is 20.9. The summed E-state index contributed by atoms with van der Waals surface area (Å²) in [6.07, 6.45) is 1.60. The lowest BCUT2D eigenvalue weighted by Crippen LogP contribution is -2.34. The summed E-state index contributed by atoms with van der Waals surface area (Å²) >= 11 is 8.13. The molecule has 2 aromatic rings. The van der Waals surface area contributed by atoms with E-state index in [1.54, 1.807) is 26.3 Å². The van der Waals surface area contributed by atoms with Crippen LogP contribution in [0.5, 0.6) is 5.06 Å². The van der Waals surface area contributed by atoms with E-state index in [1.807, 2.05) is 0 Å². The summed E-state index contributed by atoms with van der Waals surface area (Å²) in [5, 5.41) is 4.79. The number of alkyl halides is 1. The van der Waals surface area contributed by atoms with Crippen molar-refractivity contribution in [1.29, 1.82) is 0 Å². The number of ether oxygens (including phenoxy) is 2. The lowest BCUT2D eigenvalue weighted by atomic mass is 9.96. The minimum atomic E-state index is -0.687. The van der Waals surface area contributed by atoms with Gasteiger partial charge in [0.25, 0.3) is 0 Å². The fourth-order valence-corrected chi connectivity index (χ4v) is 4.37. The topological polar surface area (TPSA) is 72.8 Å². The largest absolute Gasteiger partial charge is 0.486 e. The molecule has 1 N–H and O–H groups in total. The number of carbonyl (C=O) groups excluding carboxylic acids is 1. The number of allylic oxidation sites excluding steroid dienone is 1. The second kappa shape index (κ2) is 9.15. The number of esters is 1. The van der Waals surface area contributed by atoms with Crippen LogP contribution in [0, 0.1) is 5.82 Å². The van der Waals surface area contributed by atoms with Crippen molar-refractivity contribution in [2.75, 3.05) is 19.0 Å². The summed E-state index contributed by atoms with van der Waals surface area (Å²) in [6.45, 7) is 1.97. The first-order valence-electron chi connectivity index (χ1n) is 8.24. The molecule has 6 nitrogen and oxygen atoms in total. The number of amidine groups is 1. The minimum absolute atomic E-state index is 0.232. The Morgan fingerprint density at radius 2 is 2.21 bits per heavy atom. The molecule has 2 heterocycles. The number of aliphatic imine (C=N–C) groups is 1. The Bertz CT molecular complexity index is 961. The molecule has 1 aromatic carbocycles. The smallest absolute Gasteiger partial charge is 0.338 e. The fraction of sp³-hybridized carbons (Fsp3) is 0.278. The molecule has 0 amide bonds. The third kappa shape index (κ3) is 4.28. The number of hydrogen-bond donors (Lipinski definition) is 1. The zero-order chi connectivity index (χ0) is 20.3. The lowest BCUT2D eigenvalue weighted by molar-refractivity contribution is -0.138. The molecule has 0 radical (unpaired) electrons. The van der Waals surface area contributed by atoms with Crippen LogP contribution in [0.4, 0.5) is 4.39 Å². The third-order valence-electron chi connectivity index (χ3n) is 3.90. The number of rotatable bonds is 6. The molecule has 0 saturated carbocycles. The van der Waals surface area contributed by atoms with Crippen LogP contribution in [0.15, 0.2) is 45.1 Å². The van der Waals surface area contributed by atoms with E-state index in [0.29, 0.717) is 42.5 Å². The van der Waals surface area contributed by atoms with Crippen molar-refractivity contribution >= 4 is 55.0 Å². The van der Waals surface area contributed by atoms with Crippen LogP contribution >= 0.6 is 43.2 Å². The van der Waals surface area contributed by atoms with Crippen molar-refractivity contribution in [3.63, 3.8) is 0 Å². The van der Waals surface area contributed by atoms with E-state index in [9.17, 15) is 9.18 Å². The van der Waals surface area contributed by atoms with Crippen LogP contribution in [0.1, 0.15) is 23.5 Å². The van der Waals surface area contributed by atoms with Gasteiger partial charge in [-0.05, 0) is 24.6 Å². The molecule has 0 saturated heterocycles. The summed E-state index contributed by atoms with van der Waals surface area (Å²) in [5.74, 6) is -0.372. The van der Waals surface area contributed by atoms with Crippen LogP contribution < -0.4 is 10.1 Å². The predicted molar refractivity (Wildman–Crippen MR) is 113 cm³/mol. The molecule has 148 valence electrons. The molecule has 1 aromatic heterocycles. The Kier molecular flexibility index (Phi) is 6.84. The summed E-state index contributed by atoms with van der Waals surface area (Å²) in [6, 6.07) is 3.59. The molecule has 1 unspecified atom stereocenters. The third-order valence-corrected chi connectivity index (χ3v) is 6.11. The second-order valence-electron chi connectivity index (χ2n) is 5.61. The van der Waals surface area contributed by atoms with Crippen LogP contribution in [-0.2, 0) is 9.53 Å². The second-order valence-corrected chi connectivity index (χ2v) is 8.01. The van der Waals surface area contributed by atoms with Gasteiger partial charge < -0.3 is 14.8 Å². The van der Waals surface area contributed by atoms with Crippen LogP contribution in [-0.4, -0.2) is 35.8 Å². The van der Waals surface area contributed by atoms with Crippen molar-refractivity contribution < 1.29 is 18.7 Å². The number of thiazole rings is 1. The van der Waals surface area contributed by atoms with Crippen molar-refractivity contribution in [3.05, 3.63) is 56.5 Å². The summed E-state index contributed by atoms with van der Waals surface area (Å²) in [4.78, 5) is 21.7. The molecule has 0 spiro atoms. The normalized spacial score (nSPS) is 16.5. The van der Waals surface area contributed by atoms with Gasteiger partial charge in [-0.3, -0.25) is 4.99 Å². The summed E-state index contributed by atoms with van der Waals surface area (Å²) < 4.78 is 24.6. The van der Waals surface area contributed by atoms with Crippen LogP contribution in [0.2, 0.25) is 0 Å². The van der Waals surface area contributed by atoms with E-state index < -0.39 is 12.0 Å². The van der Waals surface area contributed by atoms with E-state index in [4.69, 9.17) is 14.5 Å². The van der Waals surface area contributed by atoms with Crippen molar-refractivity contribution in [1.82, 2.24) is 10.3 Å². The highest BCUT2D eigenvalue weighted by Crippen LogP contribution is 2.37. The first-order chi connectivity index (χ1) is 13.5. The predicted octanol–water partition coefficient (Wildman–Crippen LogP) is 4.36. The van der Waals surface area contributed by atoms with Crippen LogP contribution in [0.25, 0.3) is 0 Å². The highest BCUT2D eigenvalue weighted by molar-refractivity contribution is 9.10. The highest BCUT2D eigenvalue weighted by atomic mass is 79.9. The molecule has 28 heavy (non-hydrogen) atoms. The molecule has 0 bridgehead atoms. The molecule has 10 heteroatoms. The highest BCUT2D eigenvalue weighted by Gasteiger charge is 2.33. The van der Waals surface area contributed by atoms with E-state index in [2.05, 4.69) is 42.2 Å². The van der Waals surface area contributed by atoms with Crippen molar-refractivity contribution in [3.8, 4) is 5.06 Å². The number of aromatic nitrogens is 1. The lowest BCUT2D eigenvalue weighted by Gasteiger charge is -2.26. The van der Waals surface area contributed by atoms with E-state index >= 15 is 0 Å². The Hall–Kier alpha value is -1.78. The number of benzene rings is 1. The van der Waals surface area contributed by atoms with Crippen molar-refractivity contribution in [2.24, 2.45) is 4.99 Å². The number of methoxy groups -OCH3 is 1. The molecule has 1 aliphatic heterocycles. The van der Waals surface area contributed by atoms with Crippen molar-refractivity contribution in [2.45, 2.75) is 13.0 Å². The Morgan fingerprint density at radius 1 is 1.43 bits per heavy atom. The van der Waals surface area contributed by atoms with Gasteiger partial charge in [0.2, 0.25) is 0 Å². The van der Waals surface area contributed by atoms with Gasteiger partial charge in [0.1, 0.15) is 11.9 Å². The van der Waals surface area contributed by atoms with E-state index in [1.165, 1.54) is 23.5 Å². The number of nitrogens with zero attached hydrogens (tertiary/aromatic N) is 2. The van der Waals surface area contributed by atoms with Gasteiger partial charge in [-0.25, -0.2) is 14.2 Å². The zero-order valence-electron chi connectivity index (χ0n) is 15.0. The van der Waals surface area contributed by atoms with Gasteiger partial charge >= 0.3 is 5.97 Å². The van der Waals surface area contributed by atoms with Gasteiger partial charge in [0, 0.05) is 15.5 Å². The molecule has 0 fully saturated rings. The molecule has 0 aliphatic carbocycles. The Balaban J connectivity index is 2.14. The van der Waals surface area contributed by atoms with Gasteiger partial charge in [0.05, 0.1) is 25.5 Å². The SMILES string of the molecule is CCOC(=O)C1=C(CBr)NC(c2ncc(OC)s2)=NC1c1ccc(F)cc1Br. The molecule has 1 aliphatic rings. The van der Waals surface area contributed by atoms with E-state index in [0.717, 1.165) is 0 Å². The average molecular weight is 533 g/mol. The van der Waals surface area contributed by atoms with Gasteiger partial charge in [-0.15, -0.1) is 0 Å². The van der Waals surface area contributed by atoms with Gasteiger partial charge in [0.15, 0.2) is 15.9 Å². The zero-order valence-corrected chi connectivity index (χ0v) is 19.0. The molecule has 1 atom stereocenters. The number of halogens is 3. The maximum Gasteiger partial charge on any atom is 0.338 e. The monoisotopic (exact) mass is 531 g/mol. The van der Waals surface area contributed by atoms with Gasteiger partial charge in [-0.1, -0.05) is 49.3 Å². The number of nitrogens with one attached hydrogen (secondary N) is 1. The maximum atomic E-state index is 13.6.